The zero-order valence-corrected chi connectivity index (χ0v) is 13.8. The van der Waals surface area contributed by atoms with Gasteiger partial charge in [-0.15, -0.1) is 11.3 Å². The highest BCUT2D eigenvalue weighted by molar-refractivity contribution is 7.73. The van der Waals surface area contributed by atoms with Gasteiger partial charge >= 0.3 is 6.09 Å². The molecule has 2 rings (SSSR count). The average molecular weight is 329 g/mol. The molecule has 1 N–H and O–H groups in total. The van der Waals surface area contributed by atoms with Crippen LogP contribution in [0.25, 0.3) is 0 Å². The lowest BCUT2D eigenvalue weighted by Gasteiger charge is -2.34. The van der Waals surface area contributed by atoms with Crippen LogP contribution in [0.1, 0.15) is 17.5 Å². The molecule has 0 aliphatic carbocycles. The Bertz CT molecular complexity index is 573. The van der Waals surface area contributed by atoms with E-state index in [1.807, 2.05) is 6.92 Å². The van der Waals surface area contributed by atoms with E-state index in [2.05, 4.69) is 4.98 Å². The van der Waals surface area contributed by atoms with Gasteiger partial charge in [0.15, 0.2) is 3.95 Å². The molecule has 1 aromatic heterocycles. The number of amides is 2. The number of hydrogen-bond donors (Lipinski definition) is 1. The summed E-state index contributed by atoms with van der Waals surface area (Å²) < 4.78 is 5.66. The maximum atomic E-state index is 12.3. The number of aromatic amines is 1. The Labute approximate surface area is 132 Å². The first-order chi connectivity index (χ1) is 10.0. The van der Waals surface area contributed by atoms with Gasteiger partial charge in [0.2, 0.25) is 5.91 Å². The van der Waals surface area contributed by atoms with E-state index in [0.29, 0.717) is 43.2 Å². The normalized spacial score (nSPS) is 15.1. The first-order valence-electron chi connectivity index (χ1n) is 6.89. The van der Waals surface area contributed by atoms with Gasteiger partial charge in [0.25, 0.3) is 0 Å². The van der Waals surface area contributed by atoms with Crippen LogP contribution < -0.4 is 0 Å². The lowest BCUT2D eigenvalue weighted by atomic mass is 10.2. The maximum Gasteiger partial charge on any atom is 0.409 e. The number of nitrogens with one attached hydrogen (secondary N) is 1. The summed E-state index contributed by atoms with van der Waals surface area (Å²) in [5.74, 6) is 0.0758. The topological polar surface area (TPSA) is 65.6 Å². The summed E-state index contributed by atoms with van der Waals surface area (Å²) in [6.45, 7) is 6.21. The predicted octanol–water partition coefficient (Wildman–Crippen LogP) is 1.96. The van der Waals surface area contributed by atoms with Gasteiger partial charge in [0.1, 0.15) is 0 Å². The molecule has 2 amide bonds. The van der Waals surface area contributed by atoms with Crippen LogP contribution in [0.15, 0.2) is 0 Å². The van der Waals surface area contributed by atoms with Crippen molar-refractivity contribution < 1.29 is 14.3 Å². The highest BCUT2D eigenvalue weighted by Crippen LogP contribution is 2.16. The predicted molar refractivity (Wildman–Crippen MR) is 83.1 cm³/mol. The number of carbonyl (C=O) groups excluding carboxylic acids is 2. The van der Waals surface area contributed by atoms with E-state index in [1.54, 1.807) is 16.7 Å². The van der Waals surface area contributed by atoms with E-state index in [1.165, 1.54) is 11.3 Å². The van der Waals surface area contributed by atoms with Crippen LogP contribution in [-0.2, 0) is 16.0 Å². The van der Waals surface area contributed by atoms with Crippen LogP contribution in [0.5, 0.6) is 0 Å². The number of piperazine rings is 1. The van der Waals surface area contributed by atoms with Crippen molar-refractivity contribution in [3.05, 3.63) is 14.5 Å². The molecule has 1 saturated heterocycles. The van der Waals surface area contributed by atoms with Crippen LogP contribution in [0.4, 0.5) is 4.79 Å². The number of hydrogen-bond acceptors (Lipinski definition) is 5. The van der Waals surface area contributed by atoms with E-state index < -0.39 is 0 Å². The summed E-state index contributed by atoms with van der Waals surface area (Å²) in [6, 6.07) is 0. The van der Waals surface area contributed by atoms with Gasteiger partial charge in [-0.25, -0.2) is 4.79 Å². The molecule has 1 fully saturated rings. The minimum atomic E-state index is -0.302. The Morgan fingerprint density at radius 1 is 1.29 bits per heavy atom. The van der Waals surface area contributed by atoms with E-state index >= 15 is 0 Å². The molecule has 0 saturated carbocycles. The fourth-order valence-corrected chi connectivity index (χ4v) is 3.49. The van der Waals surface area contributed by atoms with Gasteiger partial charge in [-0.05, 0) is 26.1 Å². The lowest BCUT2D eigenvalue weighted by Crippen LogP contribution is -2.51. The largest absolute Gasteiger partial charge is 0.450 e. The van der Waals surface area contributed by atoms with Crippen LogP contribution in [-0.4, -0.2) is 59.6 Å². The molecule has 0 unspecified atom stereocenters. The van der Waals surface area contributed by atoms with Crippen LogP contribution in [0, 0.1) is 10.9 Å². The van der Waals surface area contributed by atoms with E-state index in [4.69, 9.17) is 17.0 Å². The third-order valence-electron chi connectivity index (χ3n) is 3.39. The van der Waals surface area contributed by atoms with E-state index in [0.717, 1.165) is 10.6 Å². The minimum Gasteiger partial charge on any atom is -0.450 e. The summed E-state index contributed by atoms with van der Waals surface area (Å²) in [7, 11) is 0. The van der Waals surface area contributed by atoms with Crippen molar-refractivity contribution in [1.29, 1.82) is 0 Å². The smallest absolute Gasteiger partial charge is 0.409 e. The summed E-state index contributed by atoms with van der Waals surface area (Å²) in [6.07, 6.45) is 0.0623. The second-order valence-corrected chi connectivity index (χ2v) is 6.58. The van der Waals surface area contributed by atoms with Crippen molar-refractivity contribution in [3.63, 3.8) is 0 Å². The Balaban J connectivity index is 1.87. The molecule has 6 nitrogen and oxygen atoms in total. The van der Waals surface area contributed by atoms with Crippen LogP contribution in [0.2, 0.25) is 0 Å². The number of ether oxygens (including phenoxy) is 1. The van der Waals surface area contributed by atoms with Crippen molar-refractivity contribution in [2.75, 3.05) is 32.8 Å². The van der Waals surface area contributed by atoms with Crippen molar-refractivity contribution in [3.8, 4) is 0 Å². The summed E-state index contributed by atoms with van der Waals surface area (Å²) in [5.41, 5.74) is 0.962. The Morgan fingerprint density at radius 3 is 2.43 bits per heavy atom. The number of nitrogens with zero attached hydrogens (tertiary/aromatic N) is 2. The van der Waals surface area contributed by atoms with Crippen molar-refractivity contribution in [2.45, 2.75) is 20.3 Å². The zero-order chi connectivity index (χ0) is 15.4. The number of aromatic nitrogens is 1. The van der Waals surface area contributed by atoms with Gasteiger partial charge in [0.05, 0.1) is 13.0 Å². The molecule has 0 spiro atoms. The highest BCUT2D eigenvalue weighted by atomic mass is 32.1. The third kappa shape index (κ3) is 4.04. The summed E-state index contributed by atoms with van der Waals surface area (Å²) >= 11 is 6.52. The zero-order valence-electron chi connectivity index (χ0n) is 12.2. The fourth-order valence-electron chi connectivity index (χ4n) is 2.21. The van der Waals surface area contributed by atoms with Gasteiger partial charge < -0.3 is 19.5 Å². The molecule has 0 atom stereocenters. The summed E-state index contributed by atoms with van der Waals surface area (Å²) in [5, 5.41) is 0. The summed E-state index contributed by atoms with van der Waals surface area (Å²) in [4.78, 5) is 31.3. The molecule has 21 heavy (non-hydrogen) atoms. The SMILES string of the molecule is CCOC(=O)N1CCN(C(=O)Cc2sc(=S)[nH]c2C)CC1. The Hall–Kier alpha value is -1.41. The van der Waals surface area contributed by atoms with Gasteiger partial charge in [-0.1, -0.05) is 0 Å². The van der Waals surface area contributed by atoms with Crippen molar-refractivity contribution >= 4 is 35.6 Å². The lowest BCUT2D eigenvalue weighted by molar-refractivity contribution is -0.132. The monoisotopic (exact) mass is 329 g/mol. The van der Waals surface area contributed by atoms with E-state index in [-0.39, 0.29) is 12.0 Å². The molecule has 1 aliphatic heterocycles. The average Bonchev–Trinajstić information content (AvgIpc) is 2.77. The Kier molecular flexibility index (Phi) is 5.35. The first kappa shape index (κ1) is 16.0. The van der Waals surface area contributed by atoms with Crippen LogP contribution >= 0.6 is 23.6 Å². The molecule has 0 bridgehead atoms. The number of H-pyrrole nitrogens is 1. The molecule has 1 aliphatic rings. The first-order valence-corrected chi connectivity index (χ1v) is 8.11. The van der Waals surface area contributed by atoms with Gasteiger partial charge in [-0.3, -0.25) is 4.79 Å². The second kappa shape index (κ2) is 7.04. The molecule has 8 heteroatoms. The molecular weight excluding hydrogens is 310 g/mol. The molecule has 1 aromatic rings. The minimum absolute atomic E-state index is 0.0758. The van der Waals surface area contributed by atoms with Gasteiger partial charge in [0, 0.05) is 36.8 Å². The van der Waals surface area contributed by atoms with E-state index in [9.17, 15) is 9.59 Å². The molecule has 0 radical (unpaired) electrons. The second-order valence-electron chi connectivity index (χ2n) is 4.81. The molecule has 116 valence electrons. The van der Waals surface area contributed by atoms with Crippen molar-refractivity contribution in [1.82, 2.24) is 14.8 Å². The molecular formula is C13H19N3O3S2. The standard InChI is InChI=1S/C13H19N3O3S2/c1-3-19-13(18)16-6-4-15(5-7-16)11(17)8-10-9(2)14-12(20)21-10/h3-8H2,1-2H3,(H,14,20). The number of aryl methyl sites for hydroxylation is 1. The number of rotatable bonds is 3. The van der Waals surface area contributed by atoms with Crippen molar-refractivity contribution in [2.24, 2.45) is 0 Å². The Morgan fingerprint density at radius 2 is 1.90 bits per heavy atom. The third-order valence-corrected chi connectivity index (χ3v) is 4.73. The fraction of sp³-hybridized carbons (Fsp3) is 0.615. The number of carbonyl (C=O) groups is 2. The highest BCUT2D eigenvalue weighted by Gasteiger charge is 2.25. The maximum absolute atomic E-state index is 12.3. The quantitative estimate of drug-likeness (QED) is 0.861. The van der Waals surface area contributed by atoms with Crippen LogP contribution in [0.3, 0.4) is 0 Å². The van der Waals surface area contributed by atoms with Gasteiger partial charge in [-0.2, -0.15) is 0 Å². The molecule has 0 aromatic carbocycles. The molecule has 2 heterocycles. The number of thiazole rings is 1.